The topological polar surface area (TPSA) is 61.8 Å². The van der Waals surface area contributed by atoms with Gasteiger partial charge < -0.3 is 9.47 Å². The highest BCUT2D eigenvalue weighted by molar-refractivity contribution is 7.85. The van der Waals surface area contributed by atoms with Crippen molar-refractivity contribution in [2.45, 2.75) is 212 Å². The third-order valence-electron chi connectivity index (χ3n) is 9.67. The van der Waals surface area contributed by atoms with Crippen molar-refractivity contribution in [3.05, 3.63) is 48.6 Å². The highest BCUT2D eigenvalue weighted by Crippen LogP contribution is 2.35. The van der Waals surface area contributed by atoms with E-state index in [9.17, 15) is 8.42 Å². The van der Waals surface area contributed by atoms with Crippen LogP contribution in [0.15, 0.2) is 48.6 Å². The minimum Gasteiger partial charge on any atom is -0.350 e. The van der Waals surface area contributed by atoms with Gasteiger partial charge in [0.05, 0.1) is 25.6 Å². The van der Waals surface area contributed by atoms with E-state index in [0.29, 0.717) is 6.42 Å². The summed E-state index contributed by atoms with van der Waals surface area (Å²) in [6, 6.07) is 0. The van der Waals surface area contributed by atoms with Crippen molar-refractivity contribution in [1.29, 1.82) is 0 Å². The molecule has 0 bridgehead atoms. The van der Waals surface area contributed by atoms with E-state index in [0.717, 1.165) is 64.2 Å². The quantitative estimate of drug-likeness (QED) is 0.0370. The third-order valence-corrected chi connectivity index (χ3v) is 10.3. The Hall–Kier alpha value is -1.21. The summed E-state index contributed by atoms with van der Waals surface area (Å²) in [5.41, 5.74) is 0. The van der Waals surface area contributed by atoms with Crippen molar-refractivity contribution in [3.8, 4) is 0 Å². The summed E-state index contributed by atoms with van der Waals surface area (Å²) in [4.78, 5) is 0. The van der Waals surface area contributed by atoms with Crippen molar-refractivity contribution in [3.63, 3.8) is 0 Å². The van der Waals surface area contributed by atoms with Gasteiger partial charge in [0.15, 0.2) is 5.79 Å². The molecule has 1 aliphatic rings. The zero-order valence-electron chi connectivity index (χ0n) is 33.1. The Labute approximate surface area is 311 Å². The first-order valence-corrected chi connectivity index (χ1v) is 23.0. The zero-order valence-corrected chi connectivity index (χ0v) is 33.9. The Bertz CT molecular complexity index is 919. The highest BCUT2D eigenvalue weighted by atomic mass is 32.2. The number of hydrogen-bond acceptors (Lipinski definition) is 5. The number of rotatable bonds is 35. The molecule has 0 saturated carbocycles. The third kappa shape index (κ3) is 30.4. The molecule has 0 radical (unpaired) electrons. The Morgan fingerprint density at radius 3 is 1.44 bits per heavy atom. The lowest BCUT2D eigenvalue weighted by Gasteiger charge is -2.42. The first-order chi connectivity index (χ1) is 24.4. The fourth-order valence-corrected chi connectivity index (χ4v) is 7.07. The summed E-state index contributed by atoms with van der Waals surface area (Å²) in [7, 11) is -3.39. The molecule has 1 unspecified atom stereocenters. The molecular weight excluding hydrogens is 641 g/mol. The predicted molar refractivity (Wildman–Crippen MR) is 216 cm³/mol. The Morgan fingerprint density at radius 1 is 0.580 bits per heavy atom. The second-order valence-electron chi connectivity index (χ2n) is 14.6. The molecule has 0 spiro atoms. The van der Waals surface area contributed by atoms with Gasteiger partial charge in [0.25, 0.3) is 10.1 Å². The van der Waals surface area contributed by atoms with E-state index in [1.807, 2.05) is 0 Å². The largest absolute Gasteiger partial charge is 0.350 e. The number of allylic oxidation sites excluding steroid dienone is 8. The number of hydrogen-bond donors (Lipinski definition) is 0. The Morgan fingerprint density at radius 2 is 1.00 bits per heavy atom. The molecule has 292 valence electrons. The summed E-state index contributed by atoms with van der Waals surface area (Å²) < 4.78 is 40.8. The second kappa shape index (κ2) is 33.6. The van der Waals surface area contributed by atoms with Crippen LogP contribution in [0.4, 0.5) is 0 Å². The van der Waals surface area contributed by atoms with Gasteiger partial charge >= 0.3 is 0 Å². The fourth-order valence-electron chi connectivity index (χ4n) is 6.65. The molecule has 1 saturated heterocycles. The average molecular weight is 721 g/mol. The van der Waals surface area contributed by atoms with Crippen LogP contribution >= 0.6 is 0 Å². The van der Waals surface area contributed by atoms with E-state index in [1.165, 1.54) is 128 Å². The van der Waals surface area contributed by atoms with Crippen LogP contribution in [0.5, 0.6) is 0 Å². The maximum atomic E-state index is 11.4. The highest BCUT2D eigenvalue weighted by Gasteiger charge is 2.37. The zero-order chi connectivity index (χ0) is 36.3. The minimum absolute atomic E-state index is 0.112. The summed E-state index contributed by atoms with van der Waals surface area (Å²) >= 11 is 0. The second-order valence-corrected chi connectivity index (χ2v) is 16.3. The summed E-state index contributed by atoms with van der Waals surface area (Å²) in [6.07, 6.45) is 54.1. The van der Waals surface area contributed by atoms with Gasteiger partial charge in [-0.2, -0.15) is 8.42 Å². The molecule has 1 heterocycles. The van der Waals surface area contributed by atoms with Crippen LogP contribution < -0.4 is 0 Å². The van der Waals surface area contributed by atoms with Gasteiger partial charge in [-0.3, -0.25) is 4.18 Å². The minimum atomic E-state index is -3.39. The normalized spacial score (nSPS) is 17.0. The fraction of sp³-hybridized carbons (Fsp3) is 0.818. The van der Waals surface area contributed by atoms with Gasteiger partial charge in [-0.1, -0.05) is 140 Å². The standard InChI is InChI=1S/C44H80O5S/c1-4-6-8-10-12-14-16-18-20-22-24-26-28-30-32-34-39-44(47-42-38-43(49-44)37-36-41-48-50(3,45)46)40-35-33-31-29-27-25-23-21-19-17-15-13-11-9-7-5-2/h12-15,18-21,43H,4-11,16-17,22-42H2,1-3H3/b14-12-,15-13-,20-18-,21-19-. The SMILES string of the molecule is CCCCC/C=C\C/C=C\CCCCCCCCC1(CCCCCCCC/C=C\C/C=C\CCCCC)OCCC(CCCOS(C)(=O)=O)O1. The number of ether oxygens (including phenoxy) is 2. The van der Waals surface area contributed by atoms with E-state index >= 15 is 0 Å². The van der Waals surface area contributed by atoms with Crippen LogP contribution in [0.2, 0.25) is 0 Å². The molecule has 0 aromatic heterocycles. The molecule has 0 amide bonds. The molecule has 1 atom stereocenters. The maximum absolute atomic E-state index is 11.4. The van der Waals surface area contributed by atoms with Crippen LogP contribution in [0.1, 0.15) is 200 Å². The Balaban J connectivity index is 2.31. The van der Waals surface area contributed by atoms with Crippen molar-refractivity contribution < 1.29 is 22.1 Å². The van der Waals surface area contributed by atoms with Crippen molar-refractivity contribution in [1.82, 2.24) is 0 Å². The van der Waals surface area contributed by atoms with Crippen molar-refractivity contribution in [2.75, 3.05) is 19.5 Å². The van der Waals surface area contributed by atoms with Crippen LogP contribution in [0.3, 0.4) is 0 Å². The van der Waals surface area contributed by atoms with Crippen molar-refractivity contribution >= 4 is 10.1 Å². The molecule has 0 aromatic rings. The molecule has 1 rings (SSSR count). The summed E-state index contributed by atoms with van der Waals surface area (Å²) in [5.74, 6) is -0.481. The smallest absolute Gasteiger partial charge is 0.264 e. The van der Waals surface area contributed by atoms with Crippen LogP contribution in [0, 0.1) is 0 Å². The summed E-state index contributed by atoms with van der Waals surface area (Å²) in [6.45, 7) is 5.46. The van der Waals surface area contributed by atoms with Gasteiger partial charge in [-0.15, -0.1) is 0 Å². The van der Waals surface area contributed by atoms with E-state index in [4.69, 9.17) is 13.7 Å². The Kier molecular flexibility index (Phi) is 31.5. The van der Waals surface area contributed by atoms with Crippen molar-refractivity contribution in [2.24, 2.45) is 0 Å². The predicted octanol–water partition coefficient (Wildman–Crippen LogP) is 13.7. The molecular formula is C44H80O5S. The van der Waals surface area contributed by atoms with E-state index < -0.39 is 15.9 Å². The van der Waals surface area contributed by atoms with Crippen LogP contribution in [-0.2, 0) is 23.8 Å². The molecule has 0 N–H and O–H groups in total. The average Bonchev–Trinajstić information content (AvgIpc) is 3.09. The van der Waals surface area contributed by atoms with Gasteiger partial charge in [-0.05, 0) is 96.3 Å². The first-order valence-electron chi connectivity index (χ1n) is 21.2. The molecule has 5 nitrogen and oxygen atoms in total. The van der Waals surface area contributed by atoms with Gasteiger partial charge in [0.2, 0.25) is 0 Å². The van der Waals surface area contributed by atoms with Gasteiger partial charge in [0.1, 0.15) is 0 Å². The van der Waals surface area contributed by atoms with Crippen LogP contribution in [0.25, 0.3) is 0 Å². The lowest BCUT2D eigenvalue weighted by atomic mass is 9.96. The van der Waals surface area contributed by atoms with Crippen LogP contribution in [-0.4, -0.2) is 39.8 Å². The maximum Gasteiger partial charge on any atom is 0.264 e. The lowest BCUT2D eigenvalue weighted by molar-refractivity contribution is -0.301. The molecule has 6 heteroatoms. The first kappa shape index (κ1) is 46.8. The van der Waals surface area contributed by atoms with E-state index in [-0.39, 0.29) is 12.7 Å². The van der Waals surface area contributed by atoms with Gasteiger partial charge in [0, 0.05) is 12.8 Å². The van der Waals surface area contributed by atoms with Gasteiger partial charge in [-0.25, -0.2) is 0 Å². The molecule has 50 heavy (non-hydrogen) atoms. The van der Waals surface area contributed by atoms with E-state index in [2.05, 4.69) is 62.5 Å². The summed E-state index contributed by atoms with van der Waals surface area (Å²) in [5, 5.41) is 0. The molecule has 0 aromatic carbocycles. The van der Waals surface area contributed by atoms with E-state index in [1.54, 1.807) is 0 Å². The molecule has 1 aliphatic heterocycles. The monoisotopic (exact) mass is 721 g/mol. The lowest BCUT2D eigenvalue weighted by Crippen LogP contribution is -2.45. The molecule has 0 aliphatic carbocycles. The molecule has 1 fully saturated rings. The number of unbranched alkanes of at least 4 members (excludes halogenated alkanes) is 18.